The average molecular weight is 342 g/mol. The summed E-state index contributed by atoms with van der Waals surface area (Å²) in [7, 11) is 0. The van der Waals surface area contributed by atoms with Crippen molar-refractivity contribution in [3.05, 3.63) is 36.3 Å². The molecule has 25 heavy (non-hydrogen) atoms. The molecule has 1 heterocycles. The third-order valence-electron chi connectivity index (χ3n) is 5.01. The van der Waals surface area contributed by atoms with Gasteiger partial charge in [0.15, 0.2) is 0 Å². The van der Waals surface area contributed by atoms with Crippen LogP contribution in [0.1, 0.15) is 49.4 Å². The summed E-state index contributed by atoms with van der Waals surface area (Å²) < 4.78 is 0. The van der Waals surface area contributed by atoms with Gasteiger partial charge in [0.1, 0.15) is 6.33 Å². The molecule has 1 aromatic heterocycles. The van der Waals surface area contributed by atoms with Crippen LogP contribution in [0.5, 0.6) is 0 Å². The second-order valence-electron chi connectivity index (χ2n) is 6.72. The molecule has 1 aliphatic carbocycles. The van der Waals surface area contributed by atoms with Crippen molar-refractivity contribution >= 4 is 16.8 Å². The lowest BCUT2D eigenvalue weighted by atomic mass is 10.0. The topological polar surface area (TPSA) is 87.1 Å². The Morgan fingerprint density at radius 2 is 2.12 bits per heavy atom. The van der Waals surface area contributed by atoms with Gasteiger partial charge < -0.3 is 15.7 Å². The first-order valence-corrected chi connectivity index (χ1v) is 9.08. The van der Waals surface area contributed by atoms with E-state index in [1.807, 2.05) is 6.07 Å². The Hall–Kier alpha value is -2.05. The summed E-state index contributed by atoms with van der Waals surface area (Å²) in [6, 6.07) is 5.62. The molecule has 6 nitrogen and oxygen atoms in total. The Balaban J connectivity index is 1.69. The molecule has 2 atom stereocenters. The van der Waals surface area contributed by atoms with E-state index in [1.54, 1.807) is 18.3 Å². The molecule has 1 fully saturated rings. The molecule has 3 N–H and O–H groups in total. The molecule has 0 spiro atoms. The molecule has 0 aliphatic heterocycles. The molecule has 0 saturated heterocycles. The van der Waals surface area contributed by atoms with E-state index in [2.05, 4.69) is 27.5 Å². The fraction of sp³-hybridized carbons (Fsp3) is 0.526. The van der Waals surface area contributed by atoms with Crippen LogP contribution >= 0.6 is 0 Å². The third-order valence-corrected chi connectivity index (χ3v) is 5.01. The Labute approximate surface area is 148 Å². The van der Waals surface area contributed by atoms with E-state index >= 15 is 0 Å². The quantitative estimate of drug-likeness (QED) is 0.717. The van der Waals surface area contributed by atoms with E-state index < -0.39 is 0 Å². The number of nitrogens with one attached hydrogen (secondary N) is 2. The van der Waals surface area contributed by atoms with E-state index in [0.717, 1.165) is 17.3 Å². The van der Waals surface area contributed by atoms with Gasteiger partial charge in [-0.15, -0.1) is 0 Å². The van der Waals surface area contributed by atoms with Gasteiger partial charge in [-0.25, -0.2) is 9.97 Å². The van der Waals surface area contributed by atoms with Gasteiger partial charge in [0.2, 0.25) is 0 Å². The van der Waals surface area contributed by atoms with E-state index in [9.17, 15) is 9.90 Å². The fourth-order valence-corrected chi connectivity index (χ4v) is 3.55. The maximum absolute atomic E-state index is 12.6. The molecule has 1 amide bonds. The highest BCUT2D eigenvalue weighted by Crippen LogP contribution is 2.19. The van der Waals surface area contributed by atoms with Crippen LogP contribution in [0.3, 0.4) is 0 Å². The van der Waals surface area contributed by atoms with Gasteiger partial charge in [0.25, 0.3) is 5.91 Å². The number of nitrogens with zero attached hydrogens (tertiary/aromatic N) is 2. The number of amides is 1. The molecule has 1 unspecified atom stereocenters. The molecule has 0 radical (unpaired) electrons. The van der Waals surface area contributed by atoms with Gasteiger partial charge in [-0.2, -0.15) is 0 Å². The zero-order valence-corrected chi connectivity index (χ0v) is 14.6. The molecule has 1 aromatic carbocycles. The highest BCUT2D eigenvalue weighted by Gasteiger charge is 2.25. The number of rotatable bonds is 7. The van der Waals surface area contributed by atoms with E-state index in [1.165, 1.54) is 32.0 Å². The number of aromatic nitrogens is 2. The standard InChI is InChI=1S/C19H26N4O2/c1-2-16(22-15-5-3-4-6-15)18(11-24)23-19(25)13-7-8-14-10-20-12-21-17(14)9-13/h7-10,12,15-16,18,22,24H,2-6,11H2,1H3,(H,23,25)/t16?,18-/m1/s1. The largest absolute Gasteiger partial charge is 0.394 e. The summed E-state index contributed by atoms with van der Waals surface area (Å²) in [6.45, 7) is 1.99. The number of carbonyl (C=O) groups is 1. The summed E-state index contributed by atoms with van der Waals surface area (Å²) in [5, 5.41) is 17.3. The summed E-state index contributed by atoms with van der Waals surface area (Å²) in [6.07, 6.45) is 8.90. The van der Waals surface area contributed by atoms with Gasteiger partial charge in [0.05, 0.1) is 18.2 Å². The summed E-state index contributed by atoms with van der Waals surface area (Å²) in [4.78, 5) is 20.8. The fourth-order valence-electron chi connectivity index (χ4n) is 3.55. The smallest absolute Gasteiger partial charge is 0.251 e. The number of hydrogen-bond donors (Lipinski definition) is 3. The van der Waals surface area contributed by atoms with Crippen LogP contribution in [-0.4, -0.2) is 45.7 Å². The summed E-state index contributed by atoms with van der Waals surface area (Å²) in [5.74, 6) is -0.189. The van der Waals surface area contributed by atoms with Crippen molar-refractivity contribution in [3.63, 3.8) is 0 Å². The second kappa shape index (κ2) is 8.36. The Bertz CT molecular complexity index is 715. The van der Waals surface area contributed by atoms with Crippen molar-refractivity contribution in [1.29, 1.82) is 0 Å². The number of hydrogen-bond acceptors (Lipinski definition) is 5. The van der Waals surface area contributed by atoms with Crippen LogP contribution in [0.2, 0.25) is 0 Å². The number of carbonyl (C=O) groups excluding carboxylic acids is 1. The molecule has 1 aliphatic rings. The Morgan fingerprint density at radius 1 is 1.32 bits per heavy atom. The lowest BCUT2D eigenvalue weighted by Gasteiger charge is -2.29. The number of fused-ring (bicyclic) bond motifs is 1. The molecular formula is C19H26N4O2. The van der Waals surface area contributed by atoms with E-state index in [-0.39, 0.29) is 24.6 Å². The van der Waals surface area contributed by atoms with Crippen LogP contribution in [0, 0.1) is 0 Å². The van der Waals surface area contributed by atoms with Gasteiger partial charge in [-0.3, -0.25) is 4.79 Å². The van der Waals surface area contributed by atoms with Crippen LogP contribution < -0.4 is 10.6 Å². The van der Waals surface area contributed by atoms with Crippen molar-refractivity contribution in [2.24, 2.45) is 0 Å². The first kappa shape index (κ1) is 17.8. The molecule has 3 rings (SSSR count). The minimum absolute atomic E-state index is 0.0693. The van der Waals surface area contributed by atoms with Gasteiger partial charge in [-0.1, -0.05) is 25.8 Å². The predicted octanol–water partition coefficient (Wildman–Crippen LogP) is 2.03. The third kappa shape index (κ3) is 4.32. The number of benzene rings is 1. The molecule has 6 heteroatoms. The number of aliphatic hydroxyl groups excluding tert-OH is 1. The maximum Gasteiger partial charge on any atom is 0.251 e. The van der Waals surface area contributed by atoms with Crippen LogP contribution in [0.15, 0.2) is 30.7 Å². The van der Waals surface area contributed by atoms with Crippen molar-refractivity contribution in [1.82, 2.24) is 20.6 Å². The van der Waals surface area contributed by atoms with Crippen LogP contribution in [0.4, 0.5) is 0 Å². The SMILES string of the molecule is CCC(NC1CCCC1)[C@@H](CO)NC(=O)c1ccc2cncnc2c1. The summed E-state index contributed by atoms with van der Waals surface area (Å²) in [5.41, 5.74) is 1.28. The molecule has 0 bridgehead atoms. The van der Waals surface area contributed by atoms with Crippen molar-refractivity contribution < 1.29 is 9.90 Å². The minimum Gasteiger partial charge on any atom is -0.394 e. The van der Waals surface area contributed by atoms with Gasteiger partial charge >= 0.3 is 0 Å². The first-order chi connectivity index (χ1) is 12.2. The lowest BCUT2D eigenvalue weighted by Crippen LogP contribution is -2.53. The zero-order chi connectivity index (χ0) is 17.6. The van der Waals surface area contributed by atoms with Gasteiger partial charge in [-0.05, 0) is 31.4 Å². The Morgan fingerprint density at radius 3 is 2.84 bits per heavy atom. The average Bonchev–Trinajstić information content (AvgIpc) is 3.17. The van der Waals surface area contributed by atoms with Crippen LogP contribution in [0.25, 0.3) is 10.9 Å². The zero-order valence-electron chi connectivity index (χ0n) is 14.6. The molecular weight excluding hydrogens is 316 g/mol. The summed E-state index contributed by atoms with van der Waals surface area (Å²) >= 11 is 0. The molecule has 2 aromatic rings. The normalized spacial score (nSPS) is 17.5. The minimum atomic E-state index is -0.306. The lowest BCUT2D eigenvalue weighted by molar-refractivity contribution is 0.0894. The second-order valence-corrected chi connectivity index (χ2v) is 6.72. The molecule has 1 saturated carbocycles. The maximum atomic E-state index is 12.6. The predicted molar refractivity (Wildman–Crippen MR) is 97.3 cm³/mol. The van der Waals surface area contributed by atoms with Crippen molar-refractivity contribution in [3.8, 4) is 0 Å². The highest BCUT2D eigenvalue weighted by atomic mass is 16.3. The van der Waals surface area contributed by atoms with Gasteiger partial charge in [0, 0.05) is 29.2 Å². The van der Waals surface area contributed by atoms with Crippen molar-refractivity contribution in [2.45, 2.75) is 57.2 Å². The number of aliphatic hydroxyl groups is 1. The van der Waals surface area contributed by atoms with Crippen LogP contribution in [-0.2, 0) is 0 Å². The monoisotopic (exact) mass is 342 g/mol. The Kier molecular flexibility index (Phi) is 5.94. The molecule has 134 valence electrons. The first-order valence-electron chi connectivity index (χ1n) is 9.08. The van der Waals surface area contributed by atoms with Crippen molar-refractivity contribution in [2.75, 3.05) is 6.61 Å². The highest BCUT2D eigenvalue weighted by molar-refractivity contribution is 5.97. The van der Waals surface area contributed by atoms with E-state index in [4.69, 9.17) is 0 Å². The van der Waals surface area contributed by atoms with E-state index in [0.29, 0.717) is 11.6 Å².